The molecule has 0 bridgehead atoms. The number of ether oxygens (including phenoxy) is 1. The molecule has 0 aliphatic carbocycles. The Morgan fingerprint density at radius 3 is 2.52 bits per heavy atom. The highest BCUT2D eigenvalue weighted by atomic mass is 32.2. The Balaban J connectivity index is 3.20. The molecule has 122 valence electrons. The Kier molecular flexibility index (Phi) is 6.18. The second-order valence-corrected chi connectivity index (χ2v) is 7.83. The van der Waals surface area contributed by atoms with Crippen molar-refractivity contribution in [1.29, 1.82) is 0 Å². The molecule has 8 heteroatoms. The highest BCUT2D eigenvalue weighted by molar-refractivity contribution is 7.91. The summed E-state index contributed by atoms with van der Waals surface area (Å²) in [5.74, 6) is 0.601. The zero-order valence-electron chi connectivity index (χ0n) is 13.6. The fourth-order valence-corrected chi connectivity index (χ4v) is 2.92. The standard InChI is InChI=1S/C13H26N4O3S/c1-10(21(6,18)19)12(14-2)13-11(20-5)9-15-17(13)8-7-16(3)4/h9-10,12,14H,7-8H2,1-6H3. The van der Waals surface area contributed by atoms with Crippen LogP contribution in [0.5, 0.6) is 5.75 Å². The summed E-state index contributed by atoms with van der Waals surface area (Å²) in [4.78, 5) is 2.05. The first kappa shape index (κ1) is 17.9. The highest BCUT2D eigenvalue weighted by Crippen LogP contribution is 2.29. The van der Waals surface area contributed by atoms with Crippen LogP contribution in [-0.4, -0.2) is 69.4 Å². The van der Waals surface area contributed by atoms with E-state index < -0.39 is 15.1 Å². The molecule has 0 saturated carbocycles. The molecule has 1 rings (SSSR count). The van der Waals surface area contributed by atoms with E-state index in [1.165, 1.54) is 6.26 Å². The summed E-state index contributed by atoms with van der Waals surface area (Å²) < 4.78 is 30.9. The topological polar surface area (TPSA) is 76.5 Å². The van der Waals surface area contributed by atoms with Gasteiger partial charge in [0.05, 0.1) is 36.8 Å². The van der Waals surface area contributed by atoms with Gasteiger partial charge in [-0.1, -0.05) is 0 Å². The molecule has 1 aromatic rings. The van der Waals surface area contributed by atoms with Gasteiger partial charge in [-0.05, 0) is 28.1 Å². The molecule has 0 amide bonds. The molecule has 1 N–H and O–H groups in total. The molecule has 0 aliphatic heterocycles. The lowest BCUT2D eigenvalue weighted by molar-refractivity contribution is 0.355. The van der Waals surface area contributed by atoms with Crippen LogP contribution < -0.4 is 10.1 Å². The zero-order valence-corrected chi connectivity index (χ0v) is 14.4. The number of hydrogen-bond donors (Lipinski definition) is 1. The number of hydrogen-bond acceptors (Lipinski definition) is 6. The summed E-state index contributed by atoms with van der Waals surface area (Å²) in [6.45, 7) is 3.17. The quantitative estimate of drug-likeness (QED) is 0.735. The molecule has 0 radical (unpaired) electrons. The third-order valence-electron chi connectivity index (χ3n) is 3.57. The molecule has 0 spiro atoms. The van der Waals surface area contributed by atoms with E-state index in [1.807, 2.05) is 23.7 Å². The van der Waals surface area contributed by atoms with Gasteiger partial charge in [-0.25, -0.2) is 8.42 Å². The molecule has 21 heavy (non-hydrogen) atoms. The summed E-state index contributed by atoms with van der Waals surface area (Å²) in [5, 5.41) is 6.82. The van der Waals surface area contributed by atoms with Crippen LogP contribution in [0.3, 0.4) is 0 Å². The van der Waals surface area contributed by atoms with Crippen LogP contribution in [-0.2, 0) is 16.4 Å². The Morgan fingerprint density at radius 1 is 1.48 bits per heavy atom. The van der Waals surface area contributed by atoms with E-state index in [0.717, 1.165) is 12.2 Å². The average molecular weight is 318 g/mol. The van der Waals surface area contributed by atoms with Crippen molar-refractivity contribution < 1.29 is 13.2 Å². The molecule has 0 aromatic carbocycles. The van der Waals surface area contributed by atoms with Gasteiger partial charge in [-0.3, -0.25) is 4.68 Å². The van der Waals surface area contributed by atoms with Crippen LogP contribution in [0.25, 0.3) is 0 Å². The number of rotatable bonds is 8. The van der Waals surface area contributed by atoms with Crippen molar-refractivity contribution in [1.82, 2.24) is 20.0 Å². The first-order valence-electron chi connectivity index (χ1n) is 6.83. The van der Waals surface area contributed by atoms with E-state index in [4.69, 9.17) is 4.74 Å². The molecule has 0 fully saturated rings. The smallest absolute Gasteiger partial charge is 0.161 e. The summed E-state index contributed by atoms with van der Waals surface area (Å²) in [6.07, 6.45) is 2.87. The Labute approximate surface area is 127 Å². The molecule has 0 saturated heterocycles. The van der Waals surface area contributed by atoms with E-state index in [9.17, 15) is 8.42 Å². The van der Waals surface area contributed by atoms with Gasteiger partial charge in [0.25, 0.3) is 0 Å². The second-order valence-electron chi connectivity index (χ2n) is 5.43. The molecule has 2 atom stereocenters. The maximum Gasteiger partial charge on any atom is 0.161 e. The van der Waals surface area contributed by atoms with Gasteiger partial charge in [0, 0.05) is 12.8 Å². The van der Waals surface area contributed by atoms with Gasteiger partial charge in [-0.15, -0.1) is 0 Å². The number of likely N-dealkylation sites (N-methyl/N-ethyl adjacent to an activating group) is 1. The summed E-state index contributed by atoms with van der Waals surface area (Å²) in [7, 11) is 4.09. The van der Waals surface area contributed by atoms with Crippen molar-refractivity contribution in [2.75, 3.05) is 41.1 Å². The summed E-state index contributed by atoms with van der Waals surface area (Å²) in [6, 6.07) is -0.375. The van der Waals surface area contributed by atoms with Crippen LogP contribution in [0.4, 0.5) is 0 Å². The number of methoxy groups -OCH3 is 1. The van der Waals surface area contributed by atoms with Crippen LogP contribution in [0.15, 0.2) is 6.20 Å². The molecule has 0 aliphatic rings. The maximum atomic E-state index is 11.9. The minimum absolute atomic E-state index is 0.375. The number of nitrogens with zero attached hydrogens (tertiary/aromatic N) is 3. The summed E-state index contributed by atoms with van der Waals surface area (Å²) in [5.41, 5.74) is 0.764. The van der Waals surface area contributed by atoms with Gasteiger partial charge in [0.2, 0.25) is 0 Å². The normalized spacial score (nSPS) is 15.2. The molecular weight excluding hydrogens is 292 g/mol. The molecule has 1 aromatic heterocycles. The lowest BCUT2D eigenvalue weighted by Crippen LogP contribution is -2.35. The molecule has 2 unspecified atom stereocenters. The van der Waals surface area contributed by atoms with Gasteiger partial charge in [0.1, 0.15) is 0 Å². The van der Waals surface area contributed by atoms with E-state index in [2.05, 4.69) is 10.4 Å². The molecule has 1 heterocycles. The predicted molar refractivity (Wildman–Crippen MR) is 83.4 cm³/mol. The Bertz CT molecular complexity index is 554. The first-order valence-corrected chi connectivity index (χ1v) is 8.78. The third-order valence-corrected chi connectivity index (χ3v) is 5.20. The largest absolute Gasteiger partial charge is 0.493 e. The van der Waals surface area contributed by atoms with E-state index in [-0.39, 0.29) is 6.04 Å². The lowest BCUT2D eigenvalue weighted by Gasteiger charge is -2.24. The van der Waals surface area contributed by atoms with E-state index >= 15 is 0 Å². The van der Waals surface area contributed by atoms with Crippen LogP contribution >= 0.6 is 0 Å². The minimum Gasteiger partial charge on any atom is -0.493 e. The fourth-order valence-electron chi connectivity index (χ4n) is 2.16. The Morgan fingerprint density at radius 2 is 2.10 bits per heavy atom. The minimum atomic E-state index is -3.18. The van der Waals surface area contributed by atoms with Crippen molar-refractivity contribution in [3.63, 3.8) is 0 Å². The average Bonchev–Trinajstić information content (AvgIpc) is 2.79. The van der Waals surface area contributed by atoms with Crippen LogP contribution in [0, 0.1) is 0 Å². The number of sulfone groups is 1. The lowest BCUT2D eigenvalue weighted by atomic mass is 10.1. The van der Waals surface area contributed by atoms with Crippen molar-refractivity contribution >= 4 is 9.84 Å². The van der Waals surface area contributed by atoms with Gasteiger partial charge in [0.15, 0.2) is 15.6 Å². The first-order chi connectivity index (χ1) is 9.72. The fraction of sp³-hybridized carbons (Fsp3) is 0.769. The van der Waals surface area contributed by atoms with Crippen molar-refractivity contribution in [2.24, 2.45) is 0 Å². The van der Waals surface area contributed by atoms with Gasteiger partial charge < -0.3 is 15.0 Å². The monoisotopic (exact) mass is 318 g/mol. The van der Waals surface area contributed by atoms with Gasteiger partial charge >= 0.3 is 0 Å². The Hall–Kier alpha value is -1.12. The van der Waals surface area contributed by atoms with E-state index in [1.54, 1.807) is 27.3 Å². The van der Waals surface area contributed by atoms with Crippen molar-refractivity contribution in [3.05, 3.63) is 11.9 Å². The van der Waals surface area contributed by atoms with Crippen LogP contribution in [0.1, 0.15) is 18.7 Å². The maximum absolute atomic E-state index is 11.9. The SMILES string of the molecule is CNC(c1c(OC)cnn1CCN(C)C)C(C)S(C)(=O)=O. The number of aromatic nitrogens is 2. The van der Waals surface area contributed by atoms with Gasteiger partial charge in [-0.2, -0.15) is 5.10 Å². The molecular formula is C13H26N4O3S. The second kappa shape index (κ2) is 7.24. The van der Waals surface area contributed by atoms with Crippen molar-refractivity contribution in [2.45, 2.75) is 24.8 Å². The van der Waals surface area contributed by atoms with Crippen molar-refractivity contribution in [3.8, 4) is 5.75 Å². The highest BCUT2D eigenvalue weighted by Gasteiger charge is 2.31. The zero-order chi connectivity index (χ0) is 16.2. The number of nitrogens with one attached hydrogen (secondary N) is 1. The van der Waals surface area contributed by atoms with E-state index in [0.29, 0.717) is 12.3 Å². The summed E-state index contributed by atoms with van der Waals surface area (Å²) >= 11 is 0. The molecule has 7 nitrogen and oxygen atoms in total. The predicted octanol–water partition coefficient (Wildman–Crippen LogP) is 0.147. The van der Waals surface area contributed by atoms with Crippen LogP contribution in [0.2, 0.25) is 0 Å². The third kappa shape index (κ3) is 4.42.